The van der Waals surface area contributed by atoms with Crippen molar-refractivity contribution < 1.29 is 4.92 Å². The number of non-ortho nitro benzene ring substituents is 1. The fourth-order valence-corrected chi connectivity index (χ4v) is 4.53. The molecule has 0 saturated carbocycles. The minimum absolute atomic E-state index is 0.0954. The lowest BCUT2D eigenvalue weighted by atomic mass is 9.89. The number of hydrogen-bond donors (Lipinski definition) is 1. The van der Waals surface area contributed by atoms with E-state index in [1.165, 1.54) is 18.4 Å². The Morgan fingerprint density at radius 2 is 1.56 bits per heavy atom. The highest BCUT2D eigenvalue weighted by molar-refractivity contribution is 6.01. The number of hydrazone groups is 1. The van der Waals surface area contributed by atoms with E-state index in [4.69, 9.17) is 0 Å². The lowest BCUT2D eigenvalue weighted by molar-refractivity contribution is -0.384. The van der Waals surface area contributed by atoms with Gasteiger partial charge in [-0.3, -0.25) is 15.5 Å². The zero-order chi connectivity index (χ0) is 23.6. The van der Waals surface area contributed by atoms with Crippen LogP contribution in [0.15, 0.2) is 90.0 Å². The number of rotatable bonds is 10. The van der Waals surface area contributed by atoms with Gasteiger partial charge in [-0.1, -0.05) is 48.5 Å². The number of hydrogen-bond acceptors (Lipinski definition) is 5. The van der Waals surface area contributed by atoms with Crippen molar-refractivity contribution in [3.63, 3.8) is 0 Å². The van der Waals surface area contributed by atoms with Gasteiger partial charge in [-0.15, -0.1) is 0 Å². The first-order valence-corrected chi connectivity index (χ1v) is 12.1. The summed E-state index contributed by atoms with van der Waals surface area (Å²) < 4.78 is 0. The average molecular weight is 457 g/mol. The highest BCUT2D eigenvalue weighted by Gasteiger charge is 2.20. The highest BCUT2D eigenvalue weighted by Crippen LogP contribution is 2.28. The number of unbranched alkanes of at least 4 members (excludes halogenated alkanes) is 1. The quantitative estimate of drug-likeness (QED) is 0.164. The van der Waals surface area contributed by atoms with E-state index >= 15 is 0 Å². The van der Waals surface area contributed by atoms with Crippen LogP contribution in [0.2, 0.25) is 0 Å². The van der Waals surface area contributed by atoms with E-state index in [9.17, 15) is 10.1 Å². The molecule has 0 spiro atoms. The van der Waals surface area contributed by atoms with Gasteiger partial charge in [-0.25, -0.2) is 0 Å². The number of benzene rings is 3. The number of nitro benzene ring substituents is 1. The van der Waals surface area contributed by atoms with Crippen LogP contribution >= 0.6 is 0 Å². The zero-order valence-corrected chi connectivity index (χ0v) is 19.5. The van der Waals surface area contributed by atoms with Crippen molar-refractivity contribution in [2.24, 2.45) is 5.10 Å². The molecule has 0 amide bonds. The number of likely N-dealkylation sites (tertiary alicyclic amines) is 1. The van der Waals surface area contributed by atoms with Crippen LogP contribution in [0.4, 0.5) is 11.4 Å². The molecule has 1 aliphatic rings. The molecule has 1 heterocycles. The molecule has 0 aromatic heterocycles. The third-order valence-electron chi connectivity index (χ3n) is 6.50. The van der Waals surface area contributed by atoms with Gasteiger partial charge in [0.1, 0.15) is 0 Å². The standard InChI is InChI=1S/C28H32N4O2/c33-32(34)27-16-14-25(15-17-27)28(30-29-26-11-5-2-6-12-26)13-7-8-20-31-21-18-24(19-22-31)23-9-3-1-4-10-23/h1-6,9-12,14-17,24,29H,7-8,13,18-22H2/b30-28+. The molecule has 0 radical (unpaired) electrons. The number of nitro groups is 1. The maximum atomic E-state index is 11.0. The van der Waals surface area contributed by atoms with Crippen LogP contribution in [0.5, 0.6) is 0 Å². The average Bonchev–Trinajstić information content (AvgIpc) is 2.90. The smallest absolute Gasteiger partial charge is 0.269 e. The SMILES string of the molecule is O=[N+]([O-])c1ccc(/C(CCCCN2CCC(c3ccccc3)CC2)=N/Nc2ccccc2)cc1. The van der Waals surface area contributed by atoms with E-state index < -0.39 is 0 Å². The van der Waals surface area contributed by atoms with Crippen LogP contribution in [-0.2, 0) is 0 Å². The van der Waals surface area contributed by atoms with Gasteiger partial charge >= 0.3 is 0 Å². The maximum Gasteiger partial charge on any atom is 0.269 e. The molecule has 4 rings (SSSR count). The fourth-order valence-electron chi connectivity index (χ4n) is 4.53. The third-order valence-corrected chi connectivity index (χ3v) is 6.50. The summed E-state index contributed by atoms with van der Waals surface area (Å²) in [4.78, 5) is 13.2. The second-order valence-corrected chi connectivity index (χ2v) is 8.82. The lowest BCUT2D eigenvalue weighted by Gasteiger charge is -2.32. The van der Waals surface area contributed by atoms with Gasteiger partial charge in [0.05, 0.1) is 16.3 Å². The molecule has 0 atom stereocenters. The third kappa shape index (κ3) is 6.75. The molecule has 0 unspecified atom stereocenters. The van der Waals surface area contributed by atoms with Crippen molar-refractivity contribution in [2.75, 3.05) is 25.1 Å². The molecule has 6 nitrogen and oxygen atoms in total. The topological polar surface area (TPSA) is 70.8 Å². The first kappa shape index (κ1) is 23.6. The van der Waals surface area contributed by atoms with Gasteiger partial charge in [0.15, 0.2) is 0 Å². The number of nitrogens with zero attached hydrogens (tertiary/aromatic N) is 3. The molecule has 34 heavy (non-hydrogen) atoms. The fraction of sp³-hybridized carbons (Fsp3) is 0.321. The lowest BCUT2D eigenvalue weighted by Crippen LogP contribution is -2.33. The Labute approximate surface area is 201 Å². The van der Waals surface area contributed by atoms with Crippen molar-refractivity contribution in [3.05, 3.63) is 106 Å². The van der Waals surface area contributed by atoms with E-state index in [1.54, 1.807) is 24.3 Å². The van der Waals surface area contributed by atoms with Gasteiger partial charge in [-0.2, -0.15) is 5.10 Å². The van der Waals surface area contributed by atoms with Gasteiger partial charge in [0.25, 0.3) is 5.69 Å². The van der Waals surface area contributed by atoms with Crippen LogP contribution in [0.3, 0.4) is 0 Å². The van der Waals surface area contributed by atoms with Crippen LogP contribution in [0.1, 0.15) is 49.1 Å². The highest BCUT2D eigenvalue weighted by atomic mass is 16.6. The van der Waals surface area contributed by atoms with Gasteiger partial charge in [0.2, 0.25) is 0 Å². The van der Waals surface area contributed by atoms with Crippen molar-refractivity contribution >= 4 is 17.1 Å². The molecule has 1 fully saturated rings. The summed E-state index contributed by atoms with van der Waals surface area (Å²) in [5.74, 6) is 0.683. The van der Waals surface area contributed by atoms with Crippen molar-refractivity contribution in [2.45, 2.75) is 38.0 Å². The minimum Gasteiger partial charge on any atom is -0.303 e. The summed E-state index contributed by atoms with van der Waals surface area (Å²) >= 11 is 0. The second kappa shape index (κ2) is 12.1. The summed E-state index contributed by atoms with van der Waals surface area (Å²) in [5, 5.41) is 15.7. The summed E-state index contributed by atoms with van der Waals surface area (Å²) in [6.07, 6.45) is 5.39. The first-order chi connectivity index (χ1) is 16.7. The van der Waals surface area contributed by atoms with E-state index in [0.29, 0.717) is 5.92 Å². The Kier molecular flexibility index (Phi) is 8.41. The molecule has 0 aliphatic carbocycles. The Hall–Kier alpha value is -3.51. The largest absolute Gasteiger partial charge is 0.303 e. The van der Waals surface area contributed by atoms with E-state index in [1.807, 2.05) is 30.3 Å². The molecule has 0 bridgehead atoms. The molecular formula is C28H32N4O2. The van der Waals surface area contributed by atoms with Crippen molar-refractivity contribution in [1.29, 1.82) is 0 Å². The predicted octanol–water partition coefficient (Wildman–Crippen LogP) is 6.46. The molecule has 1 aliphatic heterocycles. The van der Waals surface area contributed by atoms with Gasteiger partial charge in [-0.05, 0) is 93.0 Å². The van der Waals surface area contributed by atoms with E-state index in [2.05, 4.69) is 45.8 Å². The Morgan fingerprint density at radius 1 is 0.912 bits per heavy atom. The summed E-state index contributed by atoms with van der Waals surface area (Å²) in [6.45, 7) is 3.40. The second-order valence-electron chi connectivity index (χ2n) is 8.82. The van der Waals surface area contributed by atoms with Crippen LogP contribution in [0.25, 0.3) is 0 Å². The van der Waals surface area contributed by atoms with Crippen molar-refractivity contribution in [3.8, 4) is 0 Å². The Morgan fingerprint density at radius 3 is 2.21 bits per heavy atom. The molecule has 6 heteroatoms. The van der Waals surface area contributed by atoms with E-state index in [0.717, 1.165) is 55.9 Å². The van der Waals surface area contributed by atoms with Gasteiger partial charge in [0, 0.05) is 12.1 Å². The molecule has 1 saturated heterocycles. The summed E-state index contributed by atoms with van der Waals surface area (Å²) in [7, 11) is 0. The van der Waals surface area contributed by atoms with Crippen LogP contribution in [-0.4, -0.2) is 35.2 Å². The first-order valence-electron chi connectivity index (χ1n) is 12.1. The van der Waals surface area contributed by atoms with E-state index in [-0.39, 0.29) is 10.6 Å². The molecule has 176 valence electrons. The number of nitrogens with one attached hydrogen (secondary N) is 1. The van der Waals surface area contributed by atoms with Crippen LogP contribution in [0, 0.1) is 10.1 Å². The Balaban J connectivity index is 1.29. The predicted molar refractivity (Wildman–Crippen MR) is 138 cm³/mol. The maximum absolute atomic E-state index is 11.0. The molecule has 1 N–H and O–H groups in total. The summed E-state index contributed by atoms with van der Waals surface area (Å²) in [6, 6.07) is 27.4. The monoisotopic (exact) mass is 456 g/mol. The molecular weight excluding hydrogens is 424 g/mol. The number of piperidine rings is 1. The Bertz CT molecular complexity index is 1060. The number of para-hydroxylation sites is 1. The summed E-state index contributed by atoms with van der Waals surface area (Å²) in [5.41, 5.74) is 7.45. The molecule has 3 aromatic carbocycles. The zero-order valence-electron chi connectivity index (χ0n) is 19.5. The van der Waals surface area contributed by atoms with Crippen LogP contribution < -0.4 is 5.43 Å². The molecule has 3 aromatic rings. The normalized spacial score (nSPS) is 15.2. The van der Waals surface area contributed by atoms with Gasteiger partial charge < -0.3 is 4.90 Å². The minimum atomic E-state index is -0.371. The number of anilines is 1. The van der Waals surface area contributed by atoms with Crippen molar-refractivity contribution in [1.82, 2.24) is 4.90 Å².